The lowest BCUT2D eigenvalue weighted by Gasteiger charge is -2.34. The van der Waals surface area contributed by atoms with Crippen molar-refractivity contribution in [1.29, 1.82) is 0 Å². The number of methoxy groups -OCH3 is 1. The van der Waals surface area contributed by atoms with Crippen LogP contribution in [0.5, 0.6) is 5.75 Å². The fourth-order valence-corrected chi connectivity index (χ4v) is 2.03. The van der Waals surface area contributed by atoms with Gasteiger partial charge >= 0.3 is 0 Å². The maximum Gasteiger partial charge on any atom is 0.142 e. The first-order valence-electron chi connectivity index (χ1n) is 5.64. The van der Waals surface area contributed by atoms with Gasteiger partial charge < -0.3 is 14.5 Å². The number of anilines is 1. The topological polar surface area (TPSA) is 15.7 Å². The summed E-state index contributed by atoms with van der Waals surface area (Å²) in [6, 6.07) is 6.08. The summed E-state index contributed by atoms with van der Waals surface area (Å²) in [5.41, 5.74) is 2.21. The molecule has 3 nitrogen and oxygen atoms in total. The molecule has 1 aromatic rings. The van der Waals surface area contributed by atoms with Gasteiger partial charge in [0.25, 0.3) is 0 Å². The van der Waals surface area contributed by atoms with E-state index in [-0.39, 0.29) is 0 Å². The SMILES string of the molecule is [CH2]c1ccc(OC)c(N2CCN(C)CC2)c1. The molecule has 0 saturated carbocycles. The Labute approximate surface area is 97.6 Å². The van der Waals surface area contributed by atoms with Gasteiger partial charge in [0, 0.05) is 26.2 Å². The quantitative estimate of drug-likeness (QED) is 0.752. The molecule has 0 N–H and O–H groups in total. The molecule has 1 heterocycles. The van der Waals surface area contributed by atoms with Gasteiger partial charge in [-0.2, -0.15) is 0 Å². The van der Waals surface area contributed by atoms with Crippen LogP contribution in [-0.2, 0) is 0 Å². The van der Waals surface area contributed by atoms with Crippen LogP contribution in [0.2, 0.25) is 0 Å². The van der Waals surface area contributed by atoms with Gasteiger partial charge in [-0.15, -0.1) is 0 Å². The molecule has 1 radical (unpaired) electrons. The molecule has 0 aromatic heterocycles. The molecule has 2 rings (SSSR count). The average Bonchev–Trinajstić information content (AvgIpc) is 2.30. The highest BCUT2D eigenvalue weighted by Gasteiger charge is 2.17. The fraction of sp³-hybridized carbons (Fsp3) is 0.462. The molecule has 0 aliphatic carbocycles. The van der Waals surface area contributed by atoms with Crippen LogP contribution in [-0.4, -0.2) is 45.2 Å². The molecular formula is C13H19N2O. The molecule has 16 heavy (non-hydrogen) atoms. The smallest absolute Gasteiger partial charge is 0.142 e. The second kappa shape index (κ2) is 4.74. The van der Waals surface area contributed by atoms with Crippen LogP contribution >= 0.6 is 0 Å². The molecule has 1 aromatic carbocycles. The molecule has 1 aliphatic heterocycles. The first kappa shape index (κ1) is 11.3. The van der Waals surface area contributed by atoms with E-state index in [1.54, 1.807) is 7.11 Å². The van der Waals surface area contributed by atoms with Crippen molar-refractivity contribution in [2.24, 2.45) is 0 Å². The molecule has 1 saturated heterocycles. The van der Waals surface area contributed by atoms with Crippen molar-refractivity contribution < 1.29 is 4.74 Å². The summed E-state index contributed by atoms with van der Waals surface area (Å²) in [6.07, 6.45) is 0. The van der Waals surface area contributed by atoms with E-state index in [2.05, 4.69) is 29.8 Å². The summed E-state index contributed by atoms with van der Waals surface area (Å²) in [5.74, 6) is 0.942. The minimum Gasteiger partial charge on any atom is -0.495 e. The van der Waals surface area contributed by atoms with E-state index in [1.807, 2.05) is 12.1 Å². The van der Waals surface area contributed by atoms with Crippen LogP contribution in [0.4, 0.5) is 5.69 Å². The molecular weight excluding hydrogens is 200 g/mol. The van der Waals surface area contributed by atoms with E-state index in [1.165, 1.54) is 5.69 Å². The van der Waals surface area contributed by atoms with Crippen molar-refractivity contribution in [2.45, 2.75) is 0 Å². The lowest BCUT2D eigenvalue weighted by molar-refractivity contribution is 0.311. The lowest BCUT2D eigenvalue weighted by Crippen LogP contribution is -2.44. The largest absolute Gasteiger partial charge is 0.495 e. The third kappa shape index (κ3) is 2.30. The van der Waals surface area contributed by atoms with Gasteiger partial charge in [0.2, 0.25) is 0 Å². The number of ether oxygens (including phenoxy) is 1. The number of benzene rings is 1. The summed E-state index contributed by atoms with van der Waals surface area (Å²) in [5, 5.41) is 0. The number of likely N-dealkylation sites (N-methyl/N-ethyl adjacent to an activating group) is 1. The van der Waals surface area contributed by atoms with Crippen LogP contribution in [0.3, 0.4) is 0 Å². The molecule has 0 spiro atoms. The molecule has 87 valence electrons. The first-order valence-corrected chi connectivity index (χ1v) is 5.64. The second-order valence-corrected chi connectivity index (χ2v) is 4.30. The van der Waals surface area contributed by atoms with Crippen molar-refractivity contribution in [3.8, 4) is 5.75 Å². The summed E-state index contributed by atoms with van der Waals surface area (Å²) in [7, 11) is 3.88. The van der Waals surface area contributed by atoms with Gasteiger partial charge in [0.1, 0.15) is 5.75 Å². The number of rotatable bonds is 2. The highest BCUT2D eigenvalue weighted by Crippen LogP contribution is 2.29. The highest BCUT2D eigenvalue weighted by molar-refractivity contribution is 5.60. The summed E-state index contributed by atoms with van der Waals surface area (Å²) >= 11 is 0. The number of hydrogen-bond acceptors (Lipinski definition) is 3. The van der Waals surface area contributed by atoms with Gasteiger partial charge in [-0.25, -0.2) is 0 Å². The zero-order valence-electron chi connectivity index (χ0n) is 10.1. The number of piperazine rings is 1. The van der Waals surface area contributed by atoms with E-state index in [0.29, 0.717) is 0 Å². The molecule has 0 atom stereocenters. The Morgan fingerprint density at radius 1 is 1.19 bits per heavy atom. The van der Waals surface area contributed by atoms with Crippen molar-refractivity contribution in [3.63, 3.8) is 0 Å². The second-order valence-electron chi connectivity index (χ2n) is 4.30. The molecule has 1 fully saturated rings. The summed E-state index contributed by atoms with van der Waals surface area (Å²) in [4.78, 5) is 4.71. The standard InChI is InChI=1S/C13H19N2O/c1-11-4-5-13(16-3)12(10-11)15-8-6-14(2)7-9-15/h4-5,10H,1,6-9H2,2-3H3. The van der Waals surface area contributed by atoms with E-state index in [9.17, 15) is 0 Å². The Morgan fingerprint density at radius 2 is 1.88 bits per heavy atom. The maximum absolute atomic E-state index is 5.40. The van der Waals surface area contributed by atoms with E-state index in [0.717, 1.165) is 37.5 Å². The monoisotopic (exact) mass is 219 g/mol. The highest BCUT2D eigenvalue weighted by atomic mass is 16.5. The van der Waals surface area contributed by atoms with Gasteiger partial charge in [-0.3, -0.25) is 0 Å². The van der Waals surface area contributed by atoms with Crippen LogP contribution in [0.25, 0.3) is 0 Å². The summed E-state index contributed by atoms with van der Waals surface area (Å²) < 4.78 is 5.40. The predicted molar refractivity (Wildman–Crippen MR) is 67.2 cm³/mol. The van der Waals surface area contributed by atoms with Gasteiger partial charge in [-0.1, -0.05) is 6.07 Å². The maximum atomic E-state index is 5.40. The Balaban J connectivity index is 2.21. The molecule has 0 amide bonds. The van der Waals surface area contributed by atoms with Crippen LogP contribution in [0.15, 0.2) is 18.2 Å². The summed E-state index contributed by atoms with van der Waals surface area (Å²) in [6.45, 7) is 8.28. The molecule has 0 bridgehead atoms. The zero-order chi connectivity index (χ0) is 11.5. The minimum atomic E-state index is 0.942. The zero-order valence-corrected chi connectivity index (χ0v) is 10.1. The van der Waals surface area contributed by atoms with Crippen molar-refractivity contribution in [2.75, 3.05) is 45.2 Å². The van der Waals surface area contributed by atoms with Crippen molar-refractivity contribution in [1.82, 2.24) is 4.90 Å². The number of hydrogen-bond donors (Lipinski definition) is 0. The normalized spacial score (nSPS) is 17.6. The van der Waals surface area contributed by atoms with Crippen molar-refractivity contribution in [3.05, 3.63) is 30.7 Å². The van der Waals surface area contributed by atoms with E-state index in [4.69, 9.17) is 4.74 Å². The average molecular weight is 219 g/mol. The van der Waals surface area contributed by atoms with Gasteiger partial charge in [0.15, 0.2) is 0 Å². The minimum absolute atomic E-state index is 0.942. The van der Waals surface area contributed by atoms with Crippen LogP contribution in [0, 0.1) is 6.92 Å². The predicted octanol–water partition coefficient (Wildman–Crippen LogP) is 1.63. The first-order chi connectivity index (χ1) is 7.70. The Kier molecular flexibility index (Phi) is 3.34. The Morgan fingerprint density at radius 3 is 2.50 bits per heavy atom. The molecule has 0 unspecified atom stereocenters. The molecule has 3 heteroatoms. The van der Waals surface area contributed by atoms with E-state index >= 15 is 0 Å². The van der Waals surface area contributed by atoms with Gasteiger partial charge in [-0.05, 0) is 31.7 Å². The Hall–Kier alpha value is -1.22. The van der Waals surface area contributed by atoms with Crippen molar-refractivity contribution >= 4 is 5.69 Å². The fourth-order valence-electron chi connectivity index (χ4n) is 2.03. The number of nitrogens with zero attached hydrogens (tertiary/aromatic N) is 2. The third-order valence-electron chi connectivity index (χ3n) is 3.09. The third-order valence-corrected chi connectivity index (χ3v) is 3.09. The lowest BCUT2D eigenvalue weighted by atomic mass is 10.1. The Bertz CT molecular complexity index is 357. The van der Waals surface area contributed by atoms with Crippen LogP contribution < -0.4 is 9.64 Å². The molecule has 1 aliphatic rings. The van der Waals surface area contributed by atoms with Gasteiger partial charge in [0.05, 0.1) is 12.8 Å². The van der Waals surface area contributed by atoms with Crippen LogP contribution in [0.1, 0.15) is 5.56 Å². The van der Waals surface area contributed by atoms with E-state index < -0.39 is 0 Å².